The summed E-state index contributed by atoms with van der Waals surface area (Å²) in [5, 5.41) is 0. The number of hydrogen-bond donors (Lipinski definition) is 0. The van der Waals surface area contributed by atoms with Gasteiger partial charge in [0.15, 0.2) is 0 Å². The van der Waals surface area contributed by atoms with Gasteiger partial charge in [-0.25, -0.2) is 4.79 Å². The number of unbranched alkanes of at least 4 members (excludes halogenated alkanes) is 3. The predicted octanol–water partition coefficient (Wildman–Crippen LogP) is 3.72. The van der Waals surface area contributed by atoms with Gasteiger partial charge in [0.05, 0.1) is 6.61 Å². The van der Waals surface area contributed by atoms with Crippen molar-refractivity contribution in [3.8, 4) is 11.8 Å². The van der Waals surface area contributed by atoms with Crippen molar-refractivity contribution >= 4 is 5.97 Å². The lowest BCUT2D eigenvalue weighted by atomic mass is 10.0. The molecule has 0 unspecified atom stereocenters. The Morgan fingerprint density at radius 1 is 1.11 bits per heavy atom. The molecule has 0 N–H and O–H groups in total. The van der Waals surface area contributed by atoms with E-state index in [1.54, 1.807) is 6.92 Å². The standard InChI is InChI=1S/C17H22O2/c1-3-5-6-7-8-15-9-11-16(12-10-15)13-14-17(18)19-4-2/h9-12H,3-8H2,1-2H3. The van der Waals surface area contributed by atoms with E-state index in [-0.39, 0.29) is 0 Å². The quantitative estimate of drug-likeness (QED) is 0.441. The highest BCUT2D eigenvalue weighted by molar-refractivity contribution is 5.89. The lowest BCUT2D eigenvalue weighted by molar-refractivity contribution is -0.136. The molecule has 0 atom stereocenters. The summed E-state index contributed by atoms with van der Waals surface area (Å²) >= 11 is 0. The fourth-order valence-corrected chi connectivity index (χ4v) is 1.80. The van der Waals surface area contributed by atoms with Gasteiger partial charge in [0.2, 0.25) is 0 Å². The van der Waals surface area contributed by atoms with Gasteiger partial charge >= 0.3 is 5.97 Å². The van der Waals surface area contributed by atoms with Crippen molar-refractivity contribution in [1.29, 1.82) is 0 Å². The van der Waals surface area contributed by atoms with Crippen molar-refractivity contribution in [2.75, 3.05) is 6.61 Å². The molecule has 2 heteroatoms. The Balaban J connectivity index is 2.45. The third-order valence-electron chi connectivity index (χ3n) is 2.86. The lowest BCUT2D eigenvalue weighted by Crippen LogP contribution is -1.99. The van der Waals surface area contributed by atoms with Gasteiger partial charge in [0.1, 0.15) is 0 Å². The second kappa shape index (κ2) is 9.22. The monoisotopic (exact) mass is 258 g/mol. The van der Waals surface area contributed by atoms with Crippen LogP contribution in [-0.2, 0) is 16.0 Å². The molecule has 1 rings (SSSR count). The number of aryl methyl sites for hydroxylation is 1. The van der Waals surface area contributed by atoms with Gasteiger partial charge in [-0.2, -0.15) is 0 Å². The Morgan fingerprint density at radius 3 is 2.47 bits per heavy atom. The van der Waals surface area contributed by atoms with Crippen molar-refractivity contribution < 1.29 is 9.53 Å². The molecule has 0 heterocycles. The van der Waals surface area contributed by atoms with Crippen LogP contribution in [0.15, 0.2) is 24.3 Å². The first kappa shape index (κ1) is 15.3. The Kier molecular flexibility index (Phi) is 7.43. The topological polar surface area (TPSA) is 26.3 Å². The Morgan fingerprint density at radius 2 is 1.84 bits per heavy atom. The third-order valence-corrected chi connectivity index (χ3v) is 2.86. The van der Waals surface area contributed by atoms with Gasteiger partial charge in [-0.1, -0.05) is 44.2 Å². The predicted molar refractivity (Wildman–Crippen MR) is 77.8 cm³/mol. The number of benzene rings is 1. The first-order chi connectivity index (χ1) is 9.26. The number of ether oxygens (including phenoxy) is 1. The molecule has 0 fully saturated rings. The van der Waals surface area contributed by atoms with E-state index in [0.29, 0.717) is 6.61 Å². The molecule has 19 heavy (non-hydrogen) atoms. The van der Waals surface area contributed by atoms with Crippen LogP contribution in [0.1, 0.15) is 50.7 Å². The van der Waals surface area contributed by atoms with Crippen LogP contribution < -0.4 is 0 Å². The number of carbonyl (C=O) groups is 1. The highest BCUT2D eigenvalue weighted by atomic mass is 16.5. The molecule has 0 spiro atoms. The van der Waals surface area contributed by atoms with Crippen molar-refractivity contribution in [3.63, 3.8) is 0 Å². The van der Waals surface area contributed by atoms with E-state index >= 15 is 0 Å². The van der Waals surface area contributed by atoms with Crippen LogP contribution in [0.25, 0.3) is 0 Å². The van der Waals surface area contributed by atoms with Gasteiger partial charge in [-0.05, 0) is 37.5 Å². The highest BCUT2D eigenvalue weighted by Crippen LogP contribution is 2.09. The third kappa shape index (κ3) is 6.67. The normalized spacial score (nSPS) is 9.58. The fourth-order valence-electron chi connectivity index (χ4n) is 1.80. The Bertz CT molecular complexity index is 435. The van der Waals surface area contributed by atoms with Crippen LogP contribution in [0.2, 0.25) is 0 Å². The fraction of sp³-hybridized carbons (Fsp3) is 0.471. The van der Waals surface area contributed by atoms with E-state index in [9.17, 15) is 4.79 Å². The number of rotatable bonds is 6. The molecule has 0 radical (unpaired) electrons. The maximum absolute atomic E-state index is 11.1. The van der Waals surface area contributed by atoms with Crippen LogP contribution in [0.5, 0.6) is 0 Å². The summed E-state index contributed by atoms with van der Waals surface area (Å²) in [5.41, 5.74) is 2.18. The first-order valence-electron chi connectivity index (χ1n) is 7.04. The summed E-state index contributed by atoms with van der Waals surface area (Å²) in [6.07, 6.45) is 6.22. The summed E-state index contributed by atoms with van der Waals surface area (Å²) in [5.74, 6) is 4.81. The van der Waals surface area contributed by atoms with Crippen molar-refractivity contribution in [3.05, 3.63) is 35.4 Å². The van der Waals surface area contributed by atoms with Crippen molar-refractivity contribution in [2.45, 2.75) is 46.0 Å². The molecule has 102 valence electrons. The second-order valence-electron chi connectivity index (χ2n) is 4.48. The van der Waals surface area contributed by atoms with Gasteiger partial charge in [-0.3, -0.25) is 0 Å². The SMILES string of the molecule is CCCCCCc1ccc(C#CC(=O)OCC)cc1. The minimum absolute atomic E-state index is 0.365. The van der Waals surface area contributed by atoms with E-state index < -0.39 is 5.97 Å². The molecule has 0 aliphatic carbocycles. The van der Waals surface area contributed by atoms with E-state index in [0.717, 1.165) is 12.0 Å². The van der Waals surface area contributed by atoms with E-state index in [1.165, 1.54) is 31.2 Å². The van der Waals surface area contributed by atoms with Crippen LogP contribution in [0.3, 0.4) is 0 Å². The van der Waals surface area contributed by atoms with Gasteiger partial charge in [-0.15, -0.1) is 0 Å². The highest BCUT2D eigenvalue weighted by Gasteiger charge is 1.95. The molecular weight excluding hydrogens is 236 g/mol. The number of esters is 1. The molecule has 0 bridgehead atoms. The zero-order valence-corrected chi connectivity index (χ0v) is 11.9. The van der Waals surface area contributed by atoms with E-state index in [1.807, 2.05) is 12.1 Å². The molecule has 2 nitrogen and oxygen atoms in total. The molecule has 1 aromatic carbocycles. The summed E-state index contributed by atoms with van der Waals surface area (Å²) in [7, 11) is 0. The summed E-state index contributed by atoms with van der Waals surface area (Å²) in [6, 6.07) is 8.09. The van der Waals surface area contributed by atoms with Crippen LogP contribution in [-0.4, -0.2) is 12.6 Å². The summed E-state index contributed by atoms with van der Waals surface area (Å²) in [6.45, 7) is 4.36. The molecule has 1 aromatic rings. The average Bonchev–Trinajstić information content (AvgIpc) is 2.43. The molecular formula is C17H22O2. The van der Waals surface area contributed by atoms with Crippen molar-refractivity contribution in [1.82, 2.24) is 0 Å². The van der Waals surface area contributed by atoms with Crippen LogP contribution >= 0.6 is 0 Å². The zero-order chi connectivity index (χ0) is 13.9. The smallest absolute Gasteiger partial charge is 0.384 e. The lowest BCUT2D eigenvalue weighted by Gasteiger charge is -2.01. The maximum atomic E-state index is 11.1. The summed E-state index contributed by atoms with van der Waals surface area (Å²) < 4.78 is 4.75. The molecule has 0 amide bonds. The molecule has 0 saturated heterocycles. The number of carbonyl (C=O) groups excluding carboxylic acids is 1. The van der Waals surface area contributed by atoms with Crippen molar-refractivity contribution in [2.24, 2.45) is 0 Å². The van der Waals surface area contributed by atoms with Crippen LogP contribution in [0, 0.1) is 11.8 Å². The molecule has 0 aromatic heterocycles. The van der Waals surface area contributed by atoms with Gasteiger partial charge in [0.25, 0.3) is 0 Å². The second-order valence-corrected chi connectivity index (χ2v) is 4.48. The Labute approximate surface area is 116 Å². The minimum Gasteiger partial charge on any atom is -0.456 e. The molecule has 0 aliphatic rings. The zero-order valence-electron chi connectivity index (χ0n) is 11.9. The molecule has 0 saturated carbocycles. The largest absolute Gasteiger partial charge is 0.456 e. The molecule has 0 aliphatic heterocycles. The van der Waals surface area contributed by atoms with Gasteiger partial charge in [0, 0.05) is 11.5 Å². The first-order valence-corrected chi connectivity index (χ1v) is 7.04. The summed E-state index contributed by atoms with van der Waals surface area (Å²) in [4.78, 5) is 11.1. The Hall–Kier alpha value is -1.75. The minimum atomic E-state index is -0.467. The van der Waals surface area contributed by atoms with Gasteiger partial charge < -0.3 is 4.74 Å². The number of hydrogen-bond acceptors (Lipinski definition) is 2. The van der Waals surface area contributed by atoms with Crippen LogP contribution in [0.4, 0.5) is 0 Å². The maximum Gasteiger partial charge on any atom is 0.384 e. The van der Waals surface area contributed by atoms with E-state index in [4.69, 9.17) is 4.74 Å². The average molecular weight is 258 g/mol. The van der Waals surface area contributed by atoms with E-state index in [2.05, 4.69) is 30.9 Å².